The third-order valence-electron chi connectivity index (χ3n) is 3.28. The molecule has 0 radical (unpaired) electrons. The van der Waals surface area contributed by atoms with Crippen LogP contribution in [0.25, 0.3) is 0 Å². The number of hydrogen-bond acceptors (Lipinski definition) is 4. The maximum absolute atomic E-state index is 12.6. The number of rotatable bonds is 3. The normalized spacial score (nSPS) is 22.9. The number of nitrogens with zero attached hydrogens (tertiary/aromatic N) is 1. The van der Waals surface area contributed by atoms with Crippen LogP contribution in [0.4, 0.5) is 0 Å². The average molecular weight is 281 g/mol. The van der Waals surface area contributed by atoms with Crippen molar-refractivity contribution in [2.45, 2.75) is 39.4 Å². The Morgan fingerprint density at radius 1 is 1.35 bits per heavy atom. The van der Waals surface area contributed by atoms with Gasteiger partial charge >= 0.3 is 5.97 Å². The zero-order valence-electron chi connectivity index (χ0n) is 11.9. The van der Waals surface area contributed by atoms with Gasteiger partial charge in [-0.2, -0.15) is 0 Å². The number of aryl methyl sites for hydroxylation is 1. The van der Waals surface area contributed by atoms with Gasteiger partial charge in [-0.15, -0.1) is 0 Å². The van der Waals surface area contributed by atoms with Gasteiger partial charge in [0.1, 0.15) is 12.2 Å². The predicted molar refractivity (Wildman–Crippen MR) is 70.7 cm³/mol. The van der Waals surface area contributed by atoms with Gasteiger partial charge in [0.25, 0.3) is 5.91 Å². The topological polar surface area (TPSA) is 80.0 Å². The second-order valence-electron chi connectivity index (χ2n) is 5.25. The first-order valence-electron chi connectivity index (χ1n) is 6.62. The molecule has 20 heavy (non-hydrogen) atoms. The molecule has 1 amide bonds. The molecule has 1 N–H and O–H groups in total. The molecule has 0 saturated carbocycles. The molecule has 0 spiro atoms. The molecule has 0 bridgehead atoms. The van der Waals surface area contributed by atoms with E-state index in [1.807, 2.05) is 13.8 Å². The number of amides is 1. The minimum Gasteiger partial charge on any atom is -0.481 e. The summed E-state index contributed by atoms with van der Waals surface area (Å²) in [4.78, 5) is 25.1. The van der Waals surface area contributed by atoms with E-state index in [0.29, 0.717) is 24.2 Å². The Morgan fingerprint density at radius 2 is 1.95 bits per heavy atom. The minimum atomic E-state index is -1.02. The lowest BCUT2D eigenvalue weighted by Crippen LogP contribution is -2.48. The third kappa shape index (κ3) is 3.01. The summed E-state index contributed by atoms with van der Waals surface area (Å²) in [6.07, 6.45) is 1.08. The monoisotopic (exact) mass is 281 g/mol. The maximum Gasteiger partial charge on any atom is 0.311 e. The number of hydrogen-bond donors (Lipinski definition) is 1. The van der Waals surface area contributed by atoms with E-state index in [4.69, 9.17) is 14.3 Å². The van der Waals surface area contributed by atoms with Crippen molar-refractivity contribution < 1.29 is 23.8 Å². The van der Waals surface area contributed by atoms with Crippen LogP contribution in [-0.4, -0.2) is 47.2 Å². The quantitative estimate of drug-likeness (QED) is 0.907. The number of carbonyl (C=O) groups is 2. The lowest BCUT2D eigenvalue weighted by molar-refractivity contribution is -0.136. The molecule has 1 aromatic rings. The van der Waals surface area contributed by atoms with Gasteiger partial charge in [0, 0.05) is 18.7 Å². The second kappa shape index (κ2) is 5.66. The van der Waals surface area contributed by atoms with Gasteiger partial charge in [0.05, 0.1) is 24.0 Å². The summed E-state index contributed by atoms with van der Waals surface area (Å²) in [7, 11) is 0. The Balaban J connectivity index is 2.24. The molecule has 1 aliphatic heterocycles. The fourth-order valence-electron chi connectivity index (χ4n) is 2.55. The molecule has 1 saturated heterocycles. The van der Waals surface area contributed by atoms with Crippen LogP contribution in [-0.2, 0) is 16.0 Å². The first-order chi connectivity index (χ1) is 9.38. The van der Waals surface area contributed by atoms with E-state index < -0.39 is 5.97 Å². The molecule has 1 fully saturated rings. The van der Waals surface area contributed by atoms with E-state index >= 15 is 0 Å². The lowest BCUT2D eigenvalue weighted by atomic mass is 10.1. The summed E-state index contributed by atoms with van der Waals surface area (Å²) in [5.41, 5.74) is 1.03. The Morgan fingerprint density at radius 3 is 2.50 bits per heavy atom. The summed E-state index contributed by atoms with van der Waals surface area (Å²) in [6, 6.07) is 0. The minimum absolute atomic E-state index is 0.0298. The summed E-state index contributed by atoms with van der Waals surface area (Å²) in [6.45, 7) is 6.57. The molecule has 0 aromatic carbocycles. The molecule has 2 heterocycles. The molecular formula is C14H19NO5. The molecule has 2 atom stereocenters. The van der Waals surface area contributed by atoms with Crippen LogP contribution in [0, 0.1) is 6.92 Å². The highest BCUT2D eigenvalue weighted by molar-refractivity contribution is 5.97. The molecule has 6 nitrogen and oxygen atoms in total. The van der Waals surface area contributed by atoms with Crippen molar-refractivity contribution in [1.29, 1.82) is 0 Å². The number of carboxylic acid groups (broad SMARTS) is 1. The van der Waals surface area contributed by atoms with Gasteiger partial charge in [0.2, 0.25) is 0 Å². The number of carbonyl (C=O) groups excluding carboxylic acids is 1. The van der Waals surface area contributed by atoms with Crippen molar-refractivity contribution in [3.8, 4) is 0 Å². The third-order valence-corrected chi connectivity index (χ3v) is 3.28. The van der Waals surface area contributed by atoms with E-state index in [1.54, 1.807) is 11.8 Å². The molecule has 6 heteroatoms. The smallest absolute Gasteiger partial charge is 0.311 e. The lowest BCUT2D eigenvalue weighted by Gasteiger charge is -2.35. The Kier molecular flexibility index (Phi) is 4.13. The standard InChI is InChI=1S/C14H19NO5/c1-8-7-19-11(4-12(16)17)13(8)14(18)15-5-9(2)20-10(3)6-15/h7,9-10H,4-6H2,1-3H3,(H,16,17). The summed E-state index contributed by atoms with van der Waals surface area (Å²) < 4.78 is 10.8. The van der Waals surface area contributed by atoms with Crippen LogP contribution in [0.5, 0.6) is 0 Å². The predicted octanol–water partition coefficient (Wildman–Crippen LogP) is 1.46. The van der Waals surface area contributed by atoms with Crippen molar-refractivity contribution in [1.82, 2.24) is 4.90 Å². The Bertz CT molecular complexity index is 512. The van der Waals surface area contributed by atoms with E-state index in [-0.39, 0.29) is 30.3 Å². The Labute approximate surface area is 117 Å². The van der Waals surface area contributed by atoms with Gasteiger partial charge in [-0.3, -0.25) is 9.59 Å². The van der Waals surface area contributed by atoms with E-state index in [1.165, 1.54) is 6.26 Å². The number of morpholine rings is 1. The van der Waals surface area contributed by atoms with Crippen molar-refractivity contribution >= 4 is 11.9 Å². The molecule has 2 unspecified atom stereocenters. The van der Waals surface area contributed by atoms with E-state index in [0.717, 1.165) is 0 Å². The first kappa shape index (κ1) is 14.6. The Hall–Kier alpha value is -1.82. The molecule has 2 rings (SSSR count). The van der Waals surface area contributed by atoms with Crippen molar-refractivity contribution in [3.05, 3.63) is 23.2 Å². The maximum atomic E-state index is 12.6. The van der Waals surface area contributed by atoms with Gasteiger partial charge in [0.15, 0.2) is 0 Å². The summed E-state index contributed by atoms with van der Waals surface area (Å²) in [5.74, 6) is -0.988. The second-order valence-corrected chi connectivity index (χ2v) is 5.25. The van der Waals surface area contributed by atoms with E-state index in [9.17, 15) is 9.59 Å². The molecule has 110 valence electrons. The van der Waals surface area contributed by atoms with Gasteiger partial charge in [-0.25, -0.2) is 0 Å². The summed E-state index contributed by atoms with van der Waals surface area (Å²) in [5, 5.41) is 8.87. The fraction of sp³-hybridized carbons (Fsp3) is 0.571. The molecule has 0 aliphatic carbocycles. The number of aliphatic carboxylic acids is 1. The van der Waals surface area contributed by atoms with Crippen molar-refractivity contribution in [3.63, 3.8) is 0 Å². The van der Waals surface area contributed by atoms with Crippen molar-refractivity contribution in [2.24, 2.45) is 0 Å². The van der Waals surface area contributed by atoms with Crippen LogP contribution in [0.15, 0.2) is 10.7 Å². The van der Waals surface area contributed by atoms with Crippen LogP contribution < -0.4 is 0 Å². The fourth-order valence-corrected chi connectivity index (χ4v) is 2.55. The highest BCUT2D eigenvalue weighted by Crippen LogP contribution is 2.22. The number of furan rings is 1. The summed E-state index contributed by atoms with van der Waals surface area (Å²) >= 11 is 0. The first-order valence-corrected chi connectivity index (χ1v) is 6.62. The molecule has 1 aliphatic rings. The SMILES string of the molecule is Cc1coc(CC(=O)O)c1C(=O)N1CC(C)OC(C)C1. The van der Waals surface area contributed by atoms with Crippen molar-refractivity contribution in [2.75, 3.05) is 13.1 Å². The molecular weight excluding hydrogens is 262 g/mol. The highest BCUT2D eigenvalue weighted by Gasteiger charge is 2.30. The largest absolute Gasteiger partial charge is 0.481 e. The van der Waals surface area contributed by atoms with Crippen LogP contribution in [0.3, 0.4) is 0 Å². The highest BCUT2D eigenvalue weighted by atomic mass is 16.5. The van der Waals surface area contributed by atoms with Crippen LogP contribution >= 0.6 is 0 Å². The zero-order chi connectivity index (χ0) is 14.9. The van der Waals surface area contributed by atoms with E-state index in [2.05, 4.69) is 0 Å². The molecule has 1 aromatic heterocycles. The number of carboxylic acids is 1. The van der Waals surface area contributed by atoms with Gasteiger partial charge in [-0.05, 0) is 20.8 Å². The van der Waals surface area contributed by atoms with Crippen LogP contribution in [0.2, 0.25) is 0 Å². The van der Waals surface area contributed by atoms with Crippen LogP contribution in [0.1, 0.15) is 35.5 Å². The number of ether oxygens (including phenoxy) is 1. The average Bonchev–Trinajstić information content (AvgIpc) is 2.67. The van der Waals surface area contributed by atoms with Gasteiger partial charge < -0.3 is 19.2 Å². The zero-order valence-corrected chi connectivity index (χ0v) is 11.9. The van der Waals surface area contributed by atoms with Gasteiger partial charge in [-0.1, -0.05) is 0 Å².